The maximum Gasteiger partial charge on any atom is 0.287 e. The Morgan fingerprint density at radius 1 is 1.19 bits per heavy atom. The van der Waals surface area contributed by atoms with Crippen LogP contribution in [0.1, 0.15) is 0 Å². The molecule has 0 aliphatic carbocycles. The molecule has 0 aliphatic rings. The van der Waals surface area contributed by atoms with Gasteiger partial charge < -0.3 is 11.5 Å². The fourth-order valence-electron chi connectivity index (χ4n) is 1.52. The van der Waals surface area contributed by atoms with Gasteiger partial charge in [-0.2, -0.15) is 0 Å². The molecule has 0 saturated heterocycles. The van der Waals surface area contributed by atoms with Crippen molar-refractivity contribution >= 4 is 28.4 Å². The van der Waals surface area contributed by atoms with E-state index in [0.29, 0.717) is 22.5 Å². The lowest BCUT2D eigenvalue weighted by Gasteiger charge is -2.06. The zero-order chi connectivity index (χ0) is 11.7. The third kappa shape index (κ3) is 1.59. The summed E-state index contributed by atoms with van der Waals surface area (Å²) in [6, 6.07) is 5.06. The topological polar surface area (TPSA) is 95.2 Å². The van der Waals surface area contributed by atoms with Crippen LogP contribution in [0.3, 0.4) is 0 Å². The highest BCUT2D eigenvalue weighted by Crippen LogP contribution is 2.39. The first kappa shape index (κ1) is 10.4. The molecule has 82 valence electrons. The number of thiophene rings is 1. The molecular weight excluding hydrogens is 226 g/mol. The molecular formula is C10H9N3O2S. The quantitative estimate of drug-likeness (QED) is 0.475. The average molecular weight is 235 g/mol. The van der Waals surface area contributed by atoms with Crippen molar-refractivity contribution in [2.45, 2.75) is 0 Å². The van der Waals surface area contributed by atoms with Crippen LogP contribution >= 0.6 is 11.3 Å². The van der Waals surface area contributed by atoms with Crippen molar-refractivity contribution in [1.29, 1.82) is 0 Å². The first-order valence-corrected chi connectivity index (χ1v) is 5.40. The molecule has 0 radical (unpaired) electrons. The van der Waals surface area contributed by atoms with Gasteiger partial charge in [0, 0.05) is 22.3 Å². The summed E-state index contributed by atoms with van der Waals surface area (Å²) >= 11 is 1.25. The molecule has 4 N–H and O–H groups in total. The molecule has 0 amide bonds. The van der Waals surface area contributed by atoms with Crippen molar-refractivity contribution in [3.05, 3.63) is 39.1 Å². The van der Waals surface area contributed by atoms with E-state index < -0.39 is 4.92 Å². The van der Waals surface area contributed by atoms with Crippen LogP contribution in [0.2, 0.25) is 0 Å². The largest absolute Gasteiger partial charge is 0.398 e. The van der Waals surface area contributed by atoms with Crippen molar-refractivity contribution in [1.82, 2.24) is 0 Å². The highest BCUT2D eigenvalue weighted by Gasteiger charge is 2.19. The molecule has 0 aliphatic heterocycles. The Bertz CT molecular complexity index is 530. The summed E-state index contributed by atoms with van der Waals surface area (Å²) in [6.45, 7) is 0. The van der Waals surface area contributed by atoms with E-state index >= 15 is 0 Å². The van der Waals surface area contributed by atoms with Crippen LogP contribution in [0.5, 0.6) is 0 Å². The van der Waals surface area contributed by atoms with E-state index in [1.54, 1.807) is 23.6 Å². The molecule has 1 aromatic carbocycles. The van der Waals surface area contributed by atoms with Gasteiger partial charge >= 0.3 is 0 Å². The van der Waals surface area contributed by atoms with Gasteiger partial charge in [0.1, 0.15) is 0 Å². The van der Waals surface area contributed by atoms with Crippen LogP contribution in [-0.4, -0.2) is 4.92 Å². The van der Waals surface area contributed by atoms with Crippen molar-refractivity contribution in [2.75, 3.05) is 11.5 Å². The number of nitro groups is 1. The number of hydrogen-bond donors (Lipinski definition) is 2. The summed E-state index contributed by atoms with van der Waals surface area (Å²) in [5.74, 6) is 0. The fraction of sp³-hybridized carbons (Fsp3) is 0. The molecule has 5 nitrogen and oxygen atoms in total. The number of benzene rings is 1. The van der Waals surface area contributed by atoms with Gasteiger partial charge in [-0.3, -0.25) is 10.1 Å². The Morgan fingerprint density at radius 2 is 1.81 bits per heavy atom. The Balaban J connectivity index is 2.68. The minimum Gasteiger partial charge on any atom is -0.398 e. The van der Waals surface area contributed by atoms with Crippen LogP contribution in [0.15, 0.2) is 29.0 Å². The van der Waals surface area contributed by atoms with Gasteiger partial charge in [0.25, 0.3) is 5.69 Å². The molecule has 2 aromatic rings. The number of nitrogens with zero attached hydrogens (tertiary/aromatic N) is 1. The predicted octanol–water partition coefficient (Wildman–Crippen LogP) is 2.49. The highest BCUT2D eigenvalue weighted by atomic mass is 32.1. The number of nitrogen functional groups attached to an aromatic ring is 2. The second-order valence-electron chi connectivity index (χ2n) is 3.24. The summed E-state index contributed by atoms with van der Waals surface area (Å²) in [6.07, 6.45) is 0. The monoisotopic (exact) mass is 235 g/mol. The minimum atomic E-state index is -0.433. The fourth-order valence-corrected chi connectivity index (χ4v) is 2.30. The molecule has 0 saturated carbocycles. The molecule has 2 rings (SSSR count). The second-order valence-corrected chi connectivity index (χ2v) is 3.98. The van der Waals surface area contributed by atoms with Crippen LogP contribution in [-0.2, 0) is 0 Å². The first-order valence-electron chi connectivity index (χ1n) is 4.46. The Labute approximate surface area is 95.5 Å². The van der Waals surface area contributed by atoms with E-state index in [9.17, 15) is 10.1 Å². The maximum absolute atomic E-state index is 10.8. The van der Waals surface area contributed by atoms with E-state index in [1.807, 2.05) is 0 Å². The number of hydrogen-bond acceptors (Lipinski definition) is 5. The molecule has 1 aromatic heterocycles. The van der Waals surface area contributed by atoms with Crippen LogP contribution in [0.25, 0.3) is 11.1 Å². The summed E-state index contributed by atoms with van der Waals surface area (Å²) in [4.78, 5) is 10.4. The van der Waals surface area contributed by atoms with E-state index in [4.69, 9.17) is 11.5 Å². The van der Waals surface area contributed by atoms with Gasteiger partial charge in [0.05, 0.1) is 15.9 Å². The van der Waals surface area contributed by atoms with Crippen molar-refractivity contribution < 1.29 is 4.92 Å². The summed E-state index contributed by atoms with van der Waals surface area (Å²) in [7, 11) is 0. The SMILES string of the molecule is Nc1cccc(N)c1-c1cscc1[N+](=O)[O-]. The van der Waals surface area contributed by atoms with Gasteiger partial charge in [-0.05, 0) is 12.1 Å². The number of rotatable bonds is 2. The molecule has 0 fully saturated rings. The number of anilines is 2. The van der Waals surface area contributed by atoms with E-state index in [1.165, 1.54) is 16.7 Å². The molecule has 0 bridgehead atoms. The smallest absolute Gasteiger partial charge is 0.287 e. The first-order chi connectivity index (χ1) is 7.61. The maximum atomic E-state index is 10.8. The van der Waals surface area contributed by atoms with Crippen molar-refractivity contribution in [3.8, 4) is 11.1 Å². The number of nitrogens with two attached hydrogens (primary N) is 2. The van der Waals surface area contributed by atoms with Crippen molar-refractivity contribution in [2.24, 2.45) is 0 Å². The van der Waals surface area contributed by atoms with Gasteiger partial charge in [-0.15, -0.1) is 11.3 Å². The molecule has 6 heteroatoms. The molecule has 0 unspecified atom stereocenters. The third-order valence-electron chi connectivity index (χ3n) is 2.24. The Morgan fingerprint density at radius 3 is 2.38 bits per heavy atom. The van der Waals surface area contributed by atoms with E-state index in [2.05, 4.69) is 0 Å². The van der Waals surface area contributed by atoms with Gasteiger partial charge in [-0.25, -0.2) is 0 Å². The third-order valence-corrected chi connectivity index (χ3v) is 2.97. The van der Waals surface area contributed by atoms with Crippen LogP contribution in [0.4, 0.5) is 17.1 Å². The lowest BCUT2D eigenvalue weighted by atomic mass is 10.0. The molecule has 1 heterocycles. The standard InChI is InChI=1S/C10H9N3O2S/c11-7-2-1-3-8(12)10(7)6-4-16-5-9(6)13(14)15/h1-5H,11-12H2. The van der Waals surface area contributed by atoms with Gasteiger partial charge in [-0.1, -0.05) is 6.07 Å². The second kappa shape index (κ2) is 3.82. The zero-order valence-corrected chi connectivity index (χ0v) is 9.03. The van der Waals surface area contributed by atoms with Crippen LogP contribution in [0, 0.1) is 10.1 Å². The van der Waals surface area contributed by atoms with Gasteiger partial charge in [0.2, 0.25) is 0 Å². The van der Waals surface area contributed by atoms with E-state index in [-0.39, 0.29) is 5.69 Å². The average Bonchev–Trinajstić information content (AvgIpc) is 2.66. The Hall–Kier alpha value is -2.08. The summed E-state index contributed by atoms with van der Waals surface area (Å²) in [5, 5.41) is 14.0. The lowest BCUT2D eigenvalue weighted by molar-refractivity contribution is -0.383. The molecule has 0 atom stereocenters. The minimum absolute atomic E-state index is 0.0367. The van der Waals surface area contributed by atoms with Crippen LogP contribution < -0.4 is 11.5 Å². The summed E-state index contributed by atoms with van der Waals surface area (Å²) < 4.78 is 0. The van der Waals surface area contributed by atoms with Crippen molar-refractivity contribution in [3.63, 3.8) is 0 Å². The van der Waals surface area contributed by atoms with E-state index in [0.717, 1.165) is 0 Å². The highest BCUT2D eigenvalue weighted by molar-refractivity contribution is 7.08. The summed E-state index contributed by atoms with van der Waals surface area (Å²) in [5.41, 5.74) is 13.5. The zero-order valence-electron chi connectivity index (χ0n) is 8.21. The lowest BCUT2D eigenvalue weighted by Crippen LogP contribution is -1.97. The predicted molar refractivity (Wildman–Crippen MR) is 65.2 cm³/mol. The molecule has 0 spiro atoms. The Kier molecular flexibility index (Phi) is 2.49. The van der Waals surface area contributed by atoms with Gasteiger partial charge in [0.15, 0.2) is 0 Å². The molecule has 16 heavy (non-hydrogen) atoms. The normalized spacial score (nSPS) is 10.2.